The van der Waals surface area contributed by atoms with Crippen molar-refractivity contribution in [2.75, 3.05) is 6.61 Å². The lowest BCUT2D eigenvalue weighted by Crippen LogP contribution is -2.70. The Labute approximate surface area is 269 Å². The van der Waals surface area contributed by atoms with Crippen molar-refractivity contribution in [3.8, 4) is 0 Å². The summed E-state index contributed by atoms with van der Waals surface area (Å²) in [5.41, 5.74) is -2.45. The molecule has 4 aliphatic heterocycles. The van der Waals surface area contributed by atoms with E-state index in [1.165, 1.54) is 0 Å². The van der Waals surface area contributed by atoms with Crippen LogP contribution in [0.5, 0.6) is 0 Å². The highest BCUT2D eigenvalue weighted by Gasteiger charge is 3.01. The molecule has 0 unspecified atom stereocenters. The molecule has 0 aromatic heterocycles. The quantitative estimate of drug-likeness (QED) is 0.245. The number of cyclic esters (lactones) is 1. The monoisotopic (exact) mass is 645 g/mol. The maximum Gasteiger partial charge on any atom is 0.408 e. The predicted octanol–water partition coefficient (Wildman–Crippen LogP) is 3.67. The molecule has 1 amide bonds. The average Bonchev–Trinajstić information content (AvgIpc) is 3.82. The first kappa shape index (κ1) is 31.9. The van der Waals surface area contributed by atoms with E-state index in [2.05, 4.69) is 26.1 Å². The van der Waals surface area contributed by atoms with Gasteiger partial charge in [0.25, 0.3) is 0 Å². The van der Waals surface area contributed by atoms with Gasteiger partial charge in [-0.25, -0.2) is 14.4 Å². The summed E-state index contributed by atoms with van der Waals surface area (Å²) in [4.78, 5) is 51.9. The molecular formula is C34H47NO11. The normalized spacial score (nSPS) is 41.8. The van der Waals surface area contributed by atoms with Crippen molar-refractivity contribution >= 4 is 24.0 Å². The number of carbonyl (C=O) groups excluding carboxylic acids is 4. The van der Waals surface area contributed by atoms with Gasteiger partial charge in [-0.3, -0.25) is 4.79 Å². The smallest absolute Gasteiger partial charge is 0.408 e. The van der Waals surface area contributed by atoms with Crippen molar-refractivity contribution < 1.29 is 52.3 Å². The molecule has 2 saturated carbocycles. The van der Waals surface area contributed by atoms with Crippen LogP contribution in [0.25, 0.3) is 0 Å². The van der Waals surface area contributed by atoms with Crippen LogP contribution >= 0.6 is 0 Å². The fraction of sp³-hybridized carbons (Fsp3) is 0.824. The van der Waals surface area contributed by atoms with Gasteiger partial charge in [0.15, 0.2) is 11.7 Å². The standard InChI is InChI=1S/C34H47NO11/c1-16(2)32-23(43-32)24-34(44-24)31(9)13-12-17-18(15-40-25(17)37)19(31)14-21-33(34,42-21)27(32)41-22(36)11-10-20(26(38)45-29(3,4)5)35-28(39)46-30(6,7)8/h16,19-21,23-24,27H,10-15H2,1-9H3,(H,35,39)/t19-,20-,21-,23-,24-,27+,31-,32-,33+,34+/m0/s1. The Kier molecular flexibility index (Phi) is 6.71. The van der Waals surface area contributed by atoms with Crippen molar-refractivity contribution in [2.45, 2.75) is 153 Å². The van der Waals surface area contributed by atoms with Crippen molar-refractivity contribution in [3.63, 3.8) is 0 Å². The fourth-order valence-electron chi connectivity index (χ4n) is 9.37. The van der Waals surface area contributed by atoms with E-state index < -0.39 is 58.2 Å². The largest absolute Gasteiger partial charge is 0.458 e. The van der Waals surface area contributed by atoms with Gasteiger partial charge in [-0.15, -0.1) is 0 Å². The number of carbonyl (C=O) groups is 4. The molecule has 4 heterocycles. The number of epoxide rings is 3. The van der Waals surface area contributed by atoms with E-state index in [1.807, 2.05) is 0 Å². The summed E-state index contributed by atoms with van der Waals surface area (Å²) in [5.74, 6) is -1.36. The van der Waals surface area contributed by atoms with E-state index in [-0.39, 0.29) is 54.4 Å². The van der Waals surface area contributed by atoms with Crippen molar-refractivity contribution in [3.05, 3.63) is 11.1 Å². The van der Waals surface area contributed by atoms with E-state index in [1.54, 1.807) is 41.5 Å². The van der Waals surface area contributed by atoms with E-state index in [0.29, 0.717) is 19.4 Å². The Bertz CT molecular complexity index is 1420. The Hall–Kier alpha value is -2.70. The van der Waals surface area contributed by atoms with Crippen LogP contribution in [0.4, 0.5) is 4.79 Å². The Morgan fingerprint density at radius 2 is 1.70 bits per heavy atom. The van der Waals surface area contributed by atoms with Crippen molar-refractivity contribution in [1.82, 2.24) is 5.32 Å². The molecule has 2 spiro atoms. The van der Waals surface area contributed by atoms with Crippen LogP contribution in [0, 0.1) is 17.3 Å². The van der Waals surface area contributed by atoms with Crippen molar-refractivity contribution in [2.24, 2.45) is 17.3 Å². The second kappa shape index (κ2) is 9.69. The minimum absolute atomic E-state index is 0.00659. The summed E-state index contributed by atoms with van der Waals surface area (Å²) in [6.07, 6.45) is -0.388. The summed E-state index contributed by atoms with van der Waals surface area (Å²) in [6, 6.07) is -1.13. The van der Waals surface area contributed by atoms with E-state index in [9.17, 15) is 19.2 Å². The number of esters is 3. The number of rotatable bonds is 7. The topological polar surface area (TPSA) is 155 Å². The third kappa shape index (κ3) is 4.34. The number of amides is 1. The van der Waals surface area contributed by atoms with Gasteiger partial charge in [-0.05, 0) is 84.6 Å². The molecule has 0 radical (unpaired) electrons. The minimum atomic E-state index is -1.13. The van der Waals surface area contributed by atoms with Gasteiger partial charge in [0.05, 0.1) is 6.10 Å². The van der Waals surface area contributed by atoms with Crippen LogP contribution in [-0.4, -0.2) is 89.1 Å². The molecule has 10 atom stereocenters. The lowest BCUT2D eigenvalue weighted by Gasteiger charge is -2.53. The summed E-state index contributed by atoms with van der Waals surface area (Å²) < 4.78 is 42.7. The summed E-state index contributed by atoms with van der Waals surface area (Å²) >= 11 is 0. The van der Waals surface area contributed by atoms with Crippen molar-refractivity contribution in [1.29, 1.82) is 0 Å². The second-order valence-corrected chi connectivity index (χ2v) is 16.6. The van der Waals surface area contributed by atoms with Gasteiger partial charge < -0.3 is 38.5 Å². The summed E-state index contributed by atoms with van der Waals surface area (Å²) in [7, 11) is 0. The summed E-state index contributed by atoms with van der Waals surface area (Å²) in [6.45, 7) is 17.0. The average molecular weight is 646 g/mol. The first-order valence-corrected chi connectivity index (χ1v) is 16.6. The van der Waals surface area contributed by atoms with Gasteiger partial charge in [-0.1, -0.05) is 20.8 Å². The molecule has 0 aromatic rings. The second-order valence-electron chi connectivity index (χ2n) is 16.6. The van der Waals surface area contributed by atoms with Crippen LogP contribution in [0.15, 0.2) is 11.1 Å². The van der Waals surface area contributed by atoms with Gasteiger partial charge in [0.1, 0.15) is 47.3 Å². The number of alkyl carbamates (subject to hydrolysis) is 1. The highest BCUT2D eigenvalue weighted by Crippen LogP contribution is 2.83. The lowest BCUT2D eigenvalue weighted by atomic mass is 9.46. The lowest BCUT2D eigenvalue weighted by molar-refractivity contribution is -0.170. The summed E-state index contributed by atoms with van der Waals surface area (Å²) in [5, 5.41) is 2.58. The predicted molar refractivity (Wildman–Crippen MR) is 159 cm³/mol. The van der Waals surface area contributed by atoms with Crippen LogP contribution in [-0.2, 0) is 47.5 Å². The Balaban J connectivity index is 1.13. The first-order valence-electron chi connectivity index (χ1n) is 16.6. The van der Waals surface area contributed by atoms with Crippen LogP contribution < -0.4 is 5.32 Å². The zero-order chi connectivity index (χ0) is 33.4. The molecule has 12 nitrogen and oxygen atoms in total. The van der Waals surface area contributed by atoms with Gasteiger partial charge in [0.2, 0.25) is 0 Å². The third-order valence-electron chi connectivity index (χ3n) is 11.3. The minimum Gasteiger partial charge on any atom is -0.458 e. The van der Waals surface area contributed by atoms with E-state index in [0.717, 1.165) is 17.6 Å². The molecule has 1 N–H and O–H groups in total. The zero-order valence-electron chi connectivity index (χ0n) is 28.3. The molecule has 7 aliphatic rings. The maximum atomic E-state index is 13.7. The SMILES string of the molecule is CC(C)[C@]12O[C@H]1[C@@H]1O[C@]13[C@]1(O[C@H]1C[C@H]1C4=C(CC[C@@]13C)C(=O)OC4)[C@@H]2OC(=O)CC[C@H](NC(=O)OC(C)(C)C)C(=O)OC(C)(C)C. The maximum absolute atomic E-state index is 13.7. The Morgan fingerprint density at radius 1 is 1.00 bits per heavy atom. The van der Waals surface area contributed by atoms with Crippen LogP contribution in [0.1, 0.15) is 94.4 Å². The number of ether oxygens (including phenoxy) is 7. The molecule has 46 heavy (non-hydrogen) atoms. The van der Waals surface area contributed by atoms with E-state index >= 15 is 0 Å². The highest BCUT2D eigenvalue weighted by molar-refractivity contribution is 5.92. The zero-order valence-corrected chi connectivity index (χ0v) is 28.3. The highest BCUT2D eigenvalue weighted by atomic mass is 16.8. The molecule has 12 heteroatoms. The molecule has 3 aliphatic carbocycles. The van der Waals surface area contributed by atoms with Gasteiger partial charge >= 0.3 is 24.0 Å². The van der Waals surface area contributed by atoms with Gasteiger partial charge in [-0.2, -0.15) is 0 Å². The number of fused-ring (bicyclic) bond motifs is 4. The molecule has 254 valence electrons. The Morgan fingerprint density at radius 3 is 2.35 bits per heavy atom. The molecular weight excluding hydrogens is 598 g/mol. The molecule has 5 fully saturated rings. The van der Waals surface area contributed by atoms with Gasteiger partial charge in [0, 0.05) is 17.4 Å². The number of hydrogen-bond donors (Lipinski definition) is 1. The molecule has 0 aromatic carbocycles. The number of nitrogens with one attached hydrogen (secondary N) is 1. The molecule has 3 saturated heterocycles. The third-order valence-corrected chi connectivity index (χ3v) is 11.3. The van der Waals surface area contributed by atoms with Crippen LogP contribution in [0.2, 0.25) is 0 Å². The fourth-order valence-corrected chi connectivity index (χ4v) is 9.37. The molecule has 7 rings (SSSR count). The van der Waals surface area contributed by atoms with E-state index in [4.69, 9.17) is 33.2 Å². The first-order chi connectivity index (χ1) is 21.3. The number of hydrogen-bond acceptors (Lipinski definition) is 11. The molecule has 0 bridgehead atoms. The van der Waals surface area contributed by atoms with Crippen LogP contribution in [0.3, 0.4) is 0 Å².